The summed E-state index contributed by atoms with van der Waals surface area (Å²) < 4.78 is 7.35. The minimum Gasteiger partial charge on any atom is -0.390 e. The van der Waals surface area contributed by atoms with Gasteiger partial charge in [0.15, 0.2) is 0 Å². The lowest BCUT2D eigenvalue weighted by molar-refractivity contribution is -0.0398. The molecule has 2 N–H and O–H groups in total. The van der Waals surface area contributed by atoms with Crippen LogP contribution in [0.2, 0.25) is 0 Å². The number of halogens is 1. The number of nitrogens with zero attached hydrogens (tertiary/aromatic N) is 2. The molecule has 0 amide bonds. The minimum atomic E-state index is -0.889. The van der Waals surface area contributed by atoms with Crippen LogP contribution in [0.3, 0.4) is 0 Å². The maximum Gasteiger partial charge on any atom is 0.150 e. The van der Waals surface area contributed by atoms with Gasteiger partial charge in [0, 0.05) is 23.7 Å². The average Bonchev–Trinajstić information content (AvgIpc) is 2.89. The fraction of sp³-hybridized carbons (Fsp3) is 0.750. The summed E-state index contributed by atoms with van der Waals surface area (Å²) in [5.41, 5.74) is 0.637. The number of aliphatic hydroxyl groups excluding tert-OH is 2. The summed E-state index contributed by atoms with van der Waals surface area (Å²) in [4.78, 5) is 0. The van der Waals surface area contributed by atoms with Gasteiger partial charge in [0.1, 0.15) is 12.3 Å². The van der Waals surface area contributed by atoms with E-state index in [1.54, 1.807) is 17.1 Å². The lowest BCUT2D eigenvalue weighted by Crippen LogP contribution is -2.19. The molecule has 0 radical (unpaired) electrons. The predicted octanol–water partition coefficient (Wildman–Crippen LogP) is 1.76. The molecule has 6 heteroatoms. The second-order valence-corrected chi connectivity index (χ2v) is 5.36. The topological polar surface area (TPSA) is 67.5 Å². The Hall–Kier alpha value is -0.430. The Morgan fingerprint density at radius 3 is 3.00 bits per heavy atom. The highest BCUT2D eigenvalue weighted by Gasteiger charge is 2.22. The molecule has 0 saturated carbocycles. The average molecular weight is 319 g/mol. The molecular formula is C12H19BrN2O3. The SMILES string of the molecule is OC(CCBr)C(O)c1cnn([C@@H]2CCCCO2)c1. The van der Waals surface area contributed by atoms with Gasteiger partial charge in [-0.2, -0.15) is 5.10 Å². The highest BCUT2D eigenvalue weighted by Crippen LogP contribution is 2.24. The quantitative estimate of drug-likeness (QED) is 0.812. The molecule has 0 aromatic carbocycles. The third-order valence-corrected chi connectivity index (χ3v) is 3.64. The van der Waals surface area contributed by atoms with Crippen LogP contribution in [0.25, 0.3) is 0 Å². The van der Waals surface area contributed by atoms with Gasteiger partial charge in [-0.1, -0.05) is 15.9 Å². The zero-order valence-electron chi connectivity index (χ0n) is 10.2. The Bertz CT molecular complexity index is 366. The van der Waals surface area contributed by atoms with Crippen LogP contribution in [0.4, 0.5) is 0 Å². The smallest absolute Gasteiger partial charge is 0.150 e. The van der Waals surface area contributed by atoms with Crippen LogP contribution in [0.1, 0.15) is 43.6 Å². The van der Waals surface area contributed by atoms with Crippen LogP contribution in [0.5, 0.6) is 0 Å². The summed E-state index contributed by atoms with van der Waals surface area (Å²) in [5.74, 6) is 0. The molecule has 1 aromatic rings. The number of alkyl halides is 1. The molecule has 2 rings (SSSR count). The van der Waals surface area contributed by atoms with Gasteiger partial charge < -0.3 is 14.9 Å². The first kappa shape index (κ1) is 14.0. The summed E-state index contributed by atoms with van der Waals surface area (Å²) >= 11 is 3.25. The molecule has 102 valence electrons. The fourth-order valence-corrected chi connectivity index (χ4v) is 2.56. The van der Waals surface area contributed by atoms with Crippen molar-refractivity contribution in [3.8, 4) is 0 Å². The molecule has 18 heavy (non-hydrogen) atoms. The number of aromatic nitrogens is 2. The molecular weight excluding hydrogens is 300 g/mol. The van der Waals surface area contributed by atoms with Crippen LogP contribution >= 0.6 is 15.9 Å². The van der Waals surface area contributed by atoms with Crippen molar-refractivity contribution in [2.45, 2.75) is 44.1 Å². The van der Waals surface area contributed by atoms with E-state index in [2.05, 4.69) is 21.0 Å². The summed E-state index contributed by atoms with van der Waals surface area (Å²) in [6.45, 7) is 0.759. The first-order chi connectivity index (χ1) is 8.72. The van der Waals surface area contributed by atoms with E-state index in [-0.39, 0.29) is 6.23 Å². The number of hydrogen-bond acceptors (Lipinski definition) is 4. The van der Waals surface area contributed by atoms with Crippen molar-refractivity contribution in [1.29, 1.82) is 0 Å². The molecule has 1 fully saturated rings. The summed E-state index contributed by atoms with van der Waals surface area (Å²) in [6, 6.07) is 0. The van der Waals surface area contributed by atoms with E-state index in [1.807, 2.05) is 0 Å². The van der Waals surface area contributed by atoms with Crippen molar-refractivity contribution >= 4 is 15.9 Å². The largest absolute Gasteiger partial charge is 0.390 e. The molecule has 2 heterocycles. The van der Waals surface area contributed by atoms with Crippen LogP contribution in [0, 0.1) is 0 Å². The molecule has 1 aliphatic rings. The van der Waals surface area contributed by atoms with Crippen LogP contribution < -0.4 is 0 Å². The lowest BCUT2D eigenvalue weighted by atomic mass is 10.1. The molecule has 0 aliphatic carbocycles. The van der Waals surface area contributed by atoms with Crippen molar-refractivity contribution in [1.82, 2.24) is 9.78 Å². The standard InChI is InChI=1S/C12H19BrN2O3/c13-5-4-10(16)12(17)9-7-14-15(8-9)11-3-1-2-6-18-11/h7-8,10-12,16-17H,1-6H2/t10?,11-,12?/m0/s1. The van der Waals surface area contributed by atoms with Crippen molar-refractivity contribution in [2.24, 2.45) is 0 Å². The maximum absolute atomic E-state index is 9.97. The fourth-order valence-electron chi connectivity index (χ4n) is 2.09. The normalized spacial score (nSPS) is 23.8. The van der Waals surface area contributed by atoms with E-state index in [1.165, 1.54) is 0 Å². The van der Waals surface area contributed by atoms with E-state index < -0.39 is 12.2 Å². The van der Waals surface area contributed by atoms with E-state index in [0.29, 0.717) is 17.3 Å². The summed E-state index contributed by atoms with van der Waals surface area (Å²) in [5, 5.41) is 24.6. The molecule has 1 aromatic heterocycles. The molecule has 3 atom stereocenters. The Balaban J connectivity index is 2.00. The van der Waals surface area contributed by atoms with Crippen molar-refractivity contribution in [2.75, 3.05) is 11.9 Å². The predicted molar refractivity (Wildman–Crippen MR) is 70.4 cm³/mol. The lowest BCUT2D eigenvalue weighted by Gasteiger charge is -2.22. The Labute approximate surface area is 115 Å². The molecule has 5 nitrogen and oxygen atoms in total. The van der Waals surface area contributed by atoms with Crippen LogP contribution in [-0.2, 0) is 4.74 Å². The monoisotopic (exact) mass is 318 g/mol. The highest BCUT2D eigenvalue weighted by atomic mass is 79.9. The second kappa shape index (κ2) is 6.65. The molecule has 0 bridgehead atoms. The van der Waals surface area contributed by atoms with Gasteiger partial charge in [0.05, 0.1) is 12.3 Å². The van der Waals surface area contributed by atoms with Crippen molar-refractivity contribution in [3.05, 3.63) is 18.0 Å². The maximum atomic E-state index is 9.97. The van der Waals surface area contributed by atoms with E-state index in [4.69, 9.17) is 4.74 Å². The number of aliphatic hydroxyl groups is 2. The highest BCUT2D eigenvalue weighted by molar-refractivity contribution is 9.09. The molecule has 2 unspecified atom stereocenters. The zero-order valence-corrected chi connectivity index (χ0v) is 11.8. The van der Waals surface area contributed by atoms with E-state index in [0.717, 1.165) is 25.9 Å². The second-order valence-electron chi connectivity index (χ2n) is 4.56. The van der Waals surface area contributed by atoms with E-state index in [9.17, 15) is 10.2 Å². The van der Waals surface area contributed by atoms with Gasteiger partial charge in [0.2, 0.25) is 0 Å². The van der Waals surface area contributed by atoms with E-state index >= 15 is 0 Å². The first-order valence-electron chi connectivity index (χ1n) is 6.30. The third kappa shape index (κ3) is 3.32. The van der Waals surface area contributed by atoms with Crippen molar-refractivity contribution < 1.29 is 14.9 Å². The summed E-state index contributed by atoms with van der Waals surface area (Å²) in [7, 11) is 0. The van der Waals surface area contributed by atoms with Crippen LogP contribution in [0.15, 0.2) is 12.4 Å². The summed E-state index contributed by atoms with van der Waals surface area (Å²) in [6.07, 6.45) is 5.35. The number of rotatable bonds is 5. The number of hydrogen-bond donors (Lipinski definition) is 2. The molecule has 0 spiro atoms. The van der Waals surface area contributed by atoms with Gasteiger partial charge in [-0.3, -0.25) is 0 Å². The van der Waals surface area contributed by atoms with Gasteiger partial charge in [-0.05, 0) is 25.7 Å². The molecule has 1 saturated heterocycles. The Kier molecular flexibility index (Phi) is 5.17. The molecule has 1 aliphatic heterocycles. The van der Waals surface area contributed by atoms with Gasteiger partial charge in [-0.25, -0.2) is 4.68 Å². The zero-order chi connectivity index (χ0) is 13.0. The Morgan fingerprint density at radius 1 is 1.50 bits per heavy atom. The van der Waals surface area contributed by atoms with Crippen molar-refractivity contribution in [3.63, 3.8) is 0 Å². The Morgan fingerprint density at radius 2 is 2.33 bits per heavy atom. The van der Waals surface area contributed by atoms with Crippen LogP contribution in [-0.4, -0.2) is 38.0 Å². The third-order valence-electron chi connectivity index (χ3n) is 3.18. The first-order valence-corrected chi connectivity index (χ1v) is 7.42. The van der Waals surface area contributed by atoms with Gasteiger partial charge in [-0.15, -0.1) is 0 Å². The van der Waals surface area contributed by atoms with Gasteiger partial charge >= 0.3 is 0 Å². The minimum absolute atomic E-state index is 0.0342. The number of ether oxygens (including phenoxy) is 1. The van der Waals surface area contributed by atoms with Gasteiger partial charge in [0.25, 0.3) is 0 Å².